The average Bonchev–Trinajstić information content (AvgIpc) is 2.30. The van der Waals surface area contributed by atoms with Crippen LogP contribution in [0.25, 0.3) is 0 Å². The standard InChI is InChI=1S/C12H17OS/c1-2-11-3-5-12(6-4-11)14-9-7-13-8-10-14/h3-6H,2,7-10H2,1H3/q+1. The van der Waals surface area contributed by atoms with Crippen LogP contribution in [0.5, 0.6) is 0 Å². The topological polar surface area (TPSA) is 9.23 Å². The van der Waals surface area contributed by atoms with E-state index in [-0.39, 0.29) is 0 Å². The van der Waals surface area contributed by atoms with Crippen molar-refractivity contribution in [3.63, 3.8) is 0 Å². The molecule has 2 rings (SSSR count). The quantitative estimate of drug-likeness (QED) is 0.679. The van der Waals surface area contributed by atoms with E-state index in [4.69, 9.17) is 4.74 Å². The molecule has 0 atom stereocenters. The normalized spacial score (nSPS) is 18.4. The Kier molecular flexibility index (Phi) is 3.49. The van der Waals surface area contributed by atoms with E-state index in [2.05, 4.69) is 31.2 Å². The van der Waals surface area contributed by atoms with Crippen molar-refractivity contribution in [2.45, 2.75) is 18.2 Å². The Labute approximate surface area is 88.8 Å². The maximum Gasteiger partial charge on any atom is 0.155 e. The third-order valence-electron chi connectivity index (χ3n) is 2.61. The van der Waals surface area contributed by atoms with E-state index in [0.717, 1.165) is 19.6 Å². The summed E-state index contributed by atoms with van der Waals surface area (Å²) in [6, 6.07) is 9.12. The van der Waals surface area contributed by atoms with Crippen molar-refractivity contribution in [2.75, 3.05) is 24.7 Å². The Bertz CT molecular complexity index is 275. The third kappa shape index (κ3) is 2.31. The molecule has 0 unspecified atom stereocenters. The number of benzene rings is 1. The van der Waals surface area contributed by atoms with Gasteiger partial charge in [-0.3, -0.25) is 0 Å². The first-order valence-corrected chi connectivity index (χ1v) is 6.80. The fourth-order valence-electron chi connectivity index (χ4n) is 1.68. The molecule has 14 heavy (non-hydrogen) atoms. The molecule has 0 amide bonds. The molecular weight excluding hydrogens is 192 g/mol. The van der Waals surface area contributed by atoms with Crippen molar-refractivity contribution >= 4 is 10.9 Å². The number of rotatable bonds is 2. The van der Waals surface area contributed by atoms with Gasteiger partial charge < -0.3 is 4.74 Å². The van der Waals surface area contributed by atoms with Crippen molar-refractivity contribution in [1.82, 2.24) is 0 Å². The molecule has 0 bridgehead atoms. The molecule has 76 valence electrons. The van der Waals surface area contributed by atoms with Crippen molar-refractivity contribution < 1.29 is 4.74 Å². The lowest BCUT2D eigenvalue weighted by atomic mass is 10.2. The summed E-state index contributed by atoms with van der Waals surface area (Å²) in [5.41, 5.74) is 1.44. The Morgan fingerprint density at radius 2 is 1.79 bits per heavy atom. The van der Waals surface area contributed by atoms with Crippen molar-refractivity contribution in [3.8, 4) is 0 Å². The molecule has 1 nitrogen and oxygen atoms in total. The summed E-state index contributed by atoms with van der Waals surface area (Å²) in [7, 11) is 0.457. The van der Waals surface area contributed by atoms with E-state index in [1.54, 1.807) is 0 Å². The Morgan fingerprint density at radius 3 is 2.36 bits per heavy atom. The van der Waals surface area contributed by atoms with Gasteiger partial charge in [-0.15, -0.1) is 0 Å². The largest absolute Gasteiger partial charge is 0.372 e. The van der Waals surface area contributed by atoms with Crippen molar-refractivity contribution in [2.24, 2.45) is 0 Å². The van der Waals surface area contributed by atoms with E-state index < -0.39 is 0 Å². The second kappa shape index (κ2) is 4.85. The third-order valence-corrected chi connectivity index (χ3v) is 4.87. The van der Waals surface area contributed by atoms with Crippen LogP contribution in [0, 0.1) is 0 Å². The molecule has 2 heteroatoms. The molecule has 1 aliphatic rings. The highest BCUT2D eigenvalue weighted by Gasteiger charge is 2.24. The fourth-order valence-corrected chi connectivity index (χ4v) is 3.51. The van der Waals surface area contributed by atoms with Gasteiger partial charge in [-0.25, -0.2) is 0 Å². The van der Waals surface area contributed by atoms with Crippen LogP contribution < -0.4 is 0 Å². The van der Waals surface area contributed by atoms with Gasteiger partial charge in [-0.05, 0) is 24.1 Å². The monoisotopic (exact) mass is 209 g/mol. The highest BCUT2D eigenvalue weighted by Crippen LogP contribution is 2.17. The average molecular weight is 209 g/mol. The van der Waals surface area contributed by atoms with E-state index in [1.165, 1.54) is 22.0 Å². The summed E-state index contributed by atoms with van der Waals surface area (Å²) in [5.74, 6) is 2.43. The lowest BCUT2D eigenvalue weighted by molar-refractivity contribution is 0.159. The molecule has 0 radical (unpaired) electrons. The van der Waals surface area contributed by atoms with Crippen LogP contribution in [0.2, 0.25) is 0 Å². The zero-order valence-corrected chi connectivity index (χ0v) is 9.48. The summed E-state index contributed by atoms with van der Waals surface area (Å²) in [6.45, 7) is 4.09. The highest BCUT2D eigenvalue weighted by atomic mass is 32.2. The Morgan fingerprint density at radius 1 is 1.14 bits per heavy atom. The van der Waals surface area contributed by atoms with Gasteiger partial charge in [0.1, 0.15) is 11.5 Å². The van der Waals surface area contributed by atoms with Gasteiger partial charge in [0.05, 0.1) is 13.2 Å². The summed E-state index contributed by atoms with van der Waals surface area (Å²) in [5, 5.41) is 0. The number of aryl methyl sites for hydroxylation is 1. The summed E-state index contributed by atoms with van der Waals surface area (Å²) >= 11 is 0. The maximum atomic E-state index is 5.37. The van der Waals surface area contributed by atoms with Gasteiger partial charge in [-0.1, -0.05) is 19.1 Å². The fraction of sp³-hybridized carbons (Fsp3) is 0.500. The summed E-state index contributed by atoms with van der Waals surface area (Å²) in [6.07, 6.45) is 1.14. The van der Waals surface area contributed by atoms with Crippen molar-refractivity contribution in [3.05, 3.63) is 29.8 Å². The first-order chi connectivity index (χ1) is 6.90. The van der Waals surface area contributed by atoms with Gasteiger partial charge in [-0.2, -0.15) is 0 Å². The molecule has 0 saturated carbocycles. The Balaban J connectivity index is 2.07. The first kappa shape index (κ1) is 10.1. The summed E-state index contributed by atoms with van der Waals surface area (Å²) in [4.78, 5) is 1.52. The molecule has 1 saturated heterocycles. The van der Waals surface area contributed by atoms with Gasteiger partial charge in [0, 0.05) is 10.9 Å². The van der Waals surface area contributed by atoms with E-state index >= 15 is 0 Å². The molecular formula is C12H17OS+. The van der Waals surface area contributed by atoms with Crippen LogP contribution in [-0.2, 0) is 22.1 Å². The number of ether oxygens (including phenoxy) is 1. The first-order valence-electron chi connectivity index (χ1n) is 5.24. The van der Waals surface area contributed by atoms with Crippen LogP contribution in [0.3, 0.4) is 0 Å². The van der Waals surface area contributed by atoms with Crippen LogP contribution in [-0.4, -0.2) is 24.7 Å². The minimum Gasteiger partial charge on any atom is -0.372 e. The second-order valence-corrected chi connectivity index (χ2v) is 5.78. The van der Waals surface area contributed by atoms with Crippen molar-refractivity contribution in [1.29, 1.82) is 0 Å². The van der Waals surface area contributed by atoms with Crippen LogP contribution in [0.4, 0.5) is 0 Å². The van der Waals surface area contributed by atoms with Crippen LogP contribution in [0.1, 0.15) is 12.5 Å². The van der Waals surface area contributed by atoms with Gasteiger partial charge in [0.25, 0.3) is 0 Å². The molecule has 1 fully saturated rings. The predicted molar refractivity (Wildman–Crippen MR) is 62.0 cm³/mol. The molecule has 1 aromatic carbocycles. The van der Waals surface area contributed by atoms with Gasteiger partial charge >= 0.3 is 0 Å². The van der Waals surface area contributed by atoms with E-state index in [1.807, 2.05) is 0 Å². The summed E-state index contributed by atoms with van der Waals surface area (Å²) < 4.78 is 5.37. The molecule has 1 aromatic rings. The molecule has 1 aliphatic heterocycles. The van der Waals surface area contributed by atoms with Gasteiger partial charge in [0.2, 0.25) is 0 Å². The molecule has 0 aromatic heterocycles. The van der Waals surface area contributed by atoms with Crippen LogP contribution >= 0.6 is 0 Å². The lowest BCUT2D eigenvalue weighted by Gasteiger charge is -2.14. The number of hydrogen-bond donors (Lipinski definition) is 0. The highest BCUT2D eigenvalue weighted by molar-refractivity contribution is 7.97. The predicted octanol–water partition coefficient (Wildman–Crippen LogP) is 2.26. The minimum absolute atomic E-state index is 0.457. The van der Waals surface area contributed by atoms with E-state index in [9.17, 15) is 0 Å². The lowest BCUT2D eigenvalue weighted by Crippen LogP contribution is -2.26. The van der Waals surface area contributed by atoms with E-state index in [0.29, 0.717) is 10.9 Å². The molecule has 0 aliphatic carbocycles. The Hall–Kier alpha value is -0.470. The second-order valence-electron chi connectivity index (χ2n) is 3.51. The molecule has 1 heterocycles. The van der Waals surface area contributed by atoms with Crippen LogP contribution in [0.15, 0.2) is 29.2 Å². The minimum atomic E-state index is 0.457. The zero-order chi connectivity index (χ0) is 9.80. The SMILES string of the molecule is CCc1ccc([S+]2CCOCC2)cc1. The zero-order valence-electron chi connectivity index (χ0n) is 8.66. The molecule has 0 spiro atoms. The molecule has 0 N–H and O–H groups in total. The van der Waals surface area contributed by atoms with Gasteiger partial charge in [0.15, 0.2) is 4.90 Å². The number of hydrogen-bond acceptors (Lipinski definition) is 1. The maximum absolute atomic E-state index is 5.37. The smallest absolute Gasteiger partial charge is 0.155 e.